The number of allylic oxidation sites excluding steroid dienone is 1. The van der Waals surface area contributed by atoms with Crippen molar-refractivity contribution in [3.05, 3.63) is 126 Å². The van der Waals surface area contributed by atoms with Gasteiger partial charge in [-0.3, -0.25) is 9.36 Å². The number of thiazole rings is 1. The zero-order valence-electron chi connectivity index (χ0n) is 23.2. The van der Waals surface area contributed by atoms with Crippen molar-refractivity contribution in [1.29, 1.82) is 0 Å². The number of aromatic carboxylic acids is 1. The third kappa shape index (κ3) is 6.09. The van der Waals surface area contributed by atoms with Crippen LogP contribution in [0.3, 0.4) is 0 Å². The second-order valence-corrected chi connectivity index (χ2v) is 11.3. The molecule has 0 amide bonds. The number of carbonyl (C=O) groups is 2. The number of hydrogen-bond acceptors (Lipinski definition) is 8. The monoisotopic (exact) mass is 600 g/mol. The molecule has 3 aromatic carbocycles. The fraction of sp³-hybridized carbons (Fsp3) is 0.188. The second kappa shape index (κ2) is 12.6. The maximum Gasteiger partial charge on any atom is 0.338 e. The standard InChI is InChI=1S/C32H28N2O6S2/c1-4-39-31(38)27-19(2)33-32-34(28(27)22-11-15-25(41-3)16-12-22)29(35)26(42-32)17-20-7-13-24(14-8-20)40-18-21-5-9-23(10-6-21)30(36)37/h5-17,28H,4,18H2,1-3H3,(H,36,37)/b26-17+/t28-/m0/s1. The Hall–Kier alpha value is -4.41. The lowest BCUT2D eigenvalue weighted by Crippen LogP contribution is -2.39. The number of nitrogens with zero attached hydrogens (tertiary/aromatic N) is 2. The second-order valence-electron chi connectivity index (χ2n) is 9.44. The van der Waals surface area contributed by atoms with Crippen LogP contribution in [-0.2, 0) is 16.1 Å². The Kier molecular flexibility index (Phi) is 8.75. The smallest absolute Gasteiger partial charge is 0.338 e. The number of rotatable bonds is 9. The Balaban J connectivity index is 1.45. The maximum atomic E-state index is 13.8. The lowest BCUT2D eigenvalue weighted by atomic mass is 9.96. The molecule has 0 aliphatic carbocycles. The Morgan fingerprint density at radius 3 is 2.36 bits per heavy atom. The molecule has 8 nitrogen and oxygen atoms in total. The van der Waals surface area contributed by atoms with Crippen LogP contribution < -0.4 is 19.6 Å². The minimum absolute atomic E-state index is 0.217. The fourth-order valence-corrected chi connectivity index (χ4v) is 6.07. The van der Waals surface area contributed by atoms with E-state index in [-0.39, 0.29) is 24.3 Å². The van der Waals surface area contributed by atoms with Crippen molar-refractivity contribution >= 4 is 41.1 Å². The molecule has 1 atom stereocenters. The Labute approximate surface area is 250 Å². The van der Waals surface area contributed by atoms with E-state index in [2.05, 4.69) is 4.99 Å². The van der Waals surface area contributed by atoms with E-state index in [1.807, 2.05) is 54.8 Å². The van der Waals surface area contributed by atoms with Gasteiger partial charge in [0, 0.05) is 4.90 Å². The molecule has 1 aromatic heterocycles. The van der Waals surface area contributed by atoms with Crippen LogP contribution in [0.15, 0.2) is 98.7 Å². The molecule has 0 radical (unpaired) electrons. The van der Waals surface area contributed by atoms with Crippen molar-refractivity contribution in [3.63, 3.8) is 0 Å². The average molecular weight is 601 g/mol. The van der Waals surface area contributed by atoms with E-state index in [1.165, 1.54) is 11.3 Å². The number of esters is 1. The number of ether oxygens (including phenoxy) is 2. The summed E-state index contributed by atoms with van der Waals surface area (Å²) in [7, 11) is 0. The lowest BCUT2D eigenvalue weighted by Gasteiger charge is -2.24. The van der Waals surface area contributed by atoms with Gasteiger partial charge in [-0.2, -0.15) is 0 Å². The number of fused-ring (bicyclic) bond motifs is 1. The molecule has 0 fully saturated rings. The highest BCUT2D eigenvalue weighted by atomic mass is 32.2. The summed E-state index contributed by atoms with van der Waals surface area (Å²) in [5.41, 5.74) is 3.32. The molecule has 4 aromatic rings. The molecule has 5 rings (SSSR count). The van der Waals surface area contributed by atoms with E-state index in [1.54, 1.807) is 60.5 Å². The van der Waals surface area contributed by atoms with Crippen LogP contribution in [0.25, 0.3) is 6.08 Å². The molecule has 214 valence electrons. The van der Waals surface area contributed by atoms with Gasteiger partial charge in [-0.25, -0.2) is 14.6 Å². The summed E-state index contributed by atoms with van der Waals surface area (Å²) >= 11 is 2.89. The minimum Gasteiger partial charge on any atom is -0.489 e. The molecule has 1 N–H and O–H groups in total. The van der Waals surface area contributed by atoms with Crippen LogP contribution in [0.5, 0.6) is 5.75 Å². The average Bonchev–Trinajstić information content (AvgIpc) is 3.30. The van der Waals surface area contributed by atoms with Gasteiger partial charge in [-0.1, -0.05) is 47.7 Å². The molecule has 0 saturated carbocycles. The van der Waals surface area contributed by atoms with Gasteiger partial charge in [-0.15, -0.1) is 11.8 Å². The summed E-state index contributed by atoms with van der Waals surface area (Å²) in [6.07, 6.45) is 3.79. The molecular weight excluding hydrogens is 572 g/mol. The highest BCUT2D eigenvalue weighted by Gasteiger charge is 2.33. The molecule has 1 aliphatic heterocycles. The summed E-state index contributed by atoms with van der Waals surface area (Å²) in [6.45, 7) is 4.03. The number of carbonyl (C=O) groups excluding carboxylic acids is 1. The van der Waals surface area contributed by atoms with Gasteiger partial charge < -0.3 is 14.6 Å². The van der Waals surface area contributed by atoms with Gasteiger partial charge in [0.15, 0.2) is 4.80 Å². The molecular formula is C32H28N2O6S2. The van der Waals surface area contributed by atoms with Crippen LogP contribution in [0.2, 0.25) is 0 Å². The first-order valence-corrected chi connectivity index (χ1v) is 15.2. The van der Waals surface area contributed by atoms with Gasteiger partial charge in [0.25, 0.3) is 5.56 Å². The van der Waals surface area contributed by atoms with Gasteiger partial charge in [0.05, 0.1) is 34.0 Å². The molecule has 42 heavy (non-hydrogen) atoms. The van der Waals surface area contributed by atoms with Crippen LogP contribution >= 0.6 is 23.1 Å². The highest BCUT2D eigenvalue weighted by Crippen LogP contribution is 2.31. The fourth-order valence-electron chi connectivity index (χ4n) is 4.61. The summed E-state index contributed by atoms with van der Waals surface area (Å²) < 4.78 is 13.3. The van der Waals surface area contributed by atoms with Crippen molar-refractivity contribution in [2.24, 2.45) is 4.99 Å². The normalized spacial score (nSPS) is 14.7. The largest absolute Gasteiger partial charge is 0.489 e. The Morgan fingerprint density at radius 1 is 1.05 bits per heavy atom. The first-order valence-electron chi connectivity index (χ1n) is 13.2. The third-order valence-electron chi connectivity index (χ3n) is 6.73. The Bertz CT molecular complexity index is 1840. The van der Waals surface area contributed by atoms with E-state index in [0.29, 0.717) is 26.4 Å². The van der Waals surface area contributed by atoms with Gasteiger partial charge in [0.1, 0.15) is 12.4 Å². The number of carboxylic acids is 1. The molecule has 0 unspecified atom stereocenters. The molecule has 0 saturated heterocycles. The summed E-state index contributed by atoms with van der Waals surface area (Å²) in [6, 6.07) is 21.0. The Morgan fingerprint density at radius 2 is 1.74 bits per heavy atom. The number of carboxylic acid groups (broad SMARTS) is 1. The first-order chi connectivity index (χ1) is 20.3. The lowest BCUT2D eigenvalue weighted by molar-refractivity contribution is -0.139. The van der Waals surface area contributed by atoms with Gasteiger partial charge in [-0.05, 0) is 79.3 Å². The molecule has 0 spiro atoms. The van der Waals surface area contributed by atoms with Gasteiger partial charge >= 0.3 is 11.9 Å². The van der Waals surface area contributed by atoms with Gasteiger partial charge in [0.2, 0.25) is 0 Å². The zero-order chi connectivity index (χ0) is 29.8. The number of aromatic nitrogens is 1. The van der Waals surface area contributed by atoms with E-state index in [9.17, 15) is 14.4 Å². The van der Waals surface area contributed by atoms with E-state index in [0.717, 1.165) is 21.6 Å². The number of thioether (sulfide) groups is 1. The molecule has 0 bridgehead atoms. The molecule has 1 aliphatic rings. The topological polar surface area (TPSA) is 107 Å². The minimum atomic E-state index is -0.972. The summed E-state index contributed by atoms with van der Waals surface area (Å²) in [5, 5.41) is 9.05. The highest BCUT2D eigenvalue weighted by molar-refractivity contribution is 7.98. The van der Waals surface area contributed by atoms with Crippen LogP contribution in [0, 0.1) is 0 Å². The van der Waals surface area contributed by atoms with Crippen LogP contribution in [-0.4, -0.2) is 34.5 Å². The maximum absolute atomic E-state index is 13.8. The molecule has 2 heterocycles. The van der Waals surface area contributed by atoms with Crippen LogP contribution in [0.4, 0.5) is 0 Å². The predicted octanol–water partition coefficient (Wildman–Crippen LogP) is 4.80. The number of benzene rings is 3. The van der Waals surface area contributed by atoms with Crippen molar-refractivity contribution in [1.82, 2.24) is 4.57 Å². The predicted molar refractivity (Wildman–Crippen MR) is 163 cm³/mol. The van der Waals surface area contributed by atoms with E-state index >= 15 is 0 Å². The van der Waals surface area contributed by atoms with E-state index < -0.39 is 18.0 Å². The summed E-state index contributed by atoms with van der Waals surface area (Å²) in [4.78, 5) is 44.1. The van der Waals surface area contributed by atoms with E-state index in [4.69, 9.17) is 14.6 Å². The van der Waals surface area contributed by atoms with Crippen molar-refractivity contribution in [2.75, 3.05) is 12.9 Å². The SMILES string of the molecule is CCOC(=O)C1=C(C)N=c2s/c(=C/c3ccc(OCc4ccc(C(=O)O)cc4)cc3)c(=O)n2[C@H]1c1ccc(SC)cc1. The van der Waals surface area contributed by atoms with Crippen molar-refractivity contribution in [3.8, 4) is 5.75 Å². The summed E-state index contributed by atoms with van der Waals surface area (Å²) in [5.74, 6) is -0.819. The first kappa shape index (κ1) is 29.1. The van der Waals surface area contributed by atoms with Crippen molar-refractivity contribution < 1.29 is 24.2 Å². The van der Waals surface area contributed by atoms with Crippen molar-refractivity contribution in [2.45, 2.75) is 31.4 Å². The van der Waals surface area contributed by atoms with Crippen LogP contribution in [0.1, 0.15) is 46.9 Å². The zero-order valence-corrected chi connectivity index (χ0v) is 24.8. The number of hydrogen-bond donors (Lipinski definition) is 1. The third-order valence-corrected chi connectivity index (χ3v) is 8.46. The quantitative estimate of drug-likeness (QED) is 0.217. The molecule has 10 heteroatoms.